The standard InChI is InChI=1S/C8H7N3O2.BrH/c9-8-10-5-2-1-4(7(12)13)3-6(5)11-8;/h1-3H,(H,12,13)(H3,9,10,11);1H. The van der Waals surface area contributed by atoms with Crippen molar-refractivity contribution in [1.29, 1.82) is 0 Å². The minimum Gasteiger partial charge on any atom is -0.478 e. The number of carboxylic acids is 1. The van der Waals surface area contributed by atoms with E-state index in [1.54, 1.807) is 6.07 Å². The normalized spacial score (nSPS) is 9.71. The fourth-order valence-electron chi connectivity index (χ4n) is 1.16. The molecular weight excluding hydrogens is 250 g/mol. The monoisotopic (exact) mass is 257 g/mol. The van der Waals surface area contributed by atoms with E-state index in [0.717, 1.165) is 0 Å². The van der Waals surface area contributed by atoms with Crippen LogP contribution >= 0.6 is 17.0 Å². The van der Waals surface area contributed by atoms with Crippen molar-refractivity contribution < 1.29 is 9.90 Å². The molecule has 0 fully saturated rings. The first-order valence-corrected chi connectivity index (χ1v) is 3.65. The van der Waals surface area contributed by atoms with Crippen LogP contribution in [-0.2, 0) is 0 Å². The van der Waals surface area contributed by atoms with Crippen molar-refractivity contribution in [2.45, 2.75) is 0 Å². The number of nitrogens with zero attached hydrogens (tertiary/aromatic N) is 1. The summed E-state index contributed by atoms with van der Waals surface area (Å²) < 4.78 is 0. The van der Waals surface area contributed by atoms with Crippen molar-refractivity contribution in [2.24, 2.45) is 0 Å². The molecule has 0 atom stereocenters. The van der Waals surface area contributed by atoms with Crippen LogP contribution in [0.4, 0.5) is 5.95 Å². The van der Waals surface area contributed by atoms with Crippen molar-refractivity contribution in [3.63, 3.8) is 0 Å². The van der Waals surface area contributed by atoms with Crippen LogP contribution in [0.15, 0.2) is 18.2 Å². The Bertz CT molecular complexity index is 480. The number of rotatable bonds is 1. The van der Waals surface area contributed by atoms with Gasteiger partial charge in [0.05, 0.1) is 16.6 Å². The number of nitrogens with two attached hydrogens (primary N) is 1. The number of H-pyrrole nitrogens is 1. The van der Waals surface area contributed by atoms with Gasteiger partial charge in [-0.1, -0.05) is 0 Å². The summed E-state index contributed by atoms with van der Waals surface area (Å²) in [5, 5.41) is 8.69. The molecule has 74 valence electrons. The van der Waals surface area contributed by atoms with Gasteiger partial charge in [-0.3, -0.25) is 0 Å². The number of carbonyl (C=O) groups is 1. The molecule has 0 bridgehead atoms. The van der Waals surface area contributed by atoms with Gasteiger partial charge in [0.25, 0.3) is 0 Å². The zero-order valence-electron chi connectivity index (χ0n) is 7.02. The zero-order valence-corrected chi connectivity index (χ0v) is 8.73. The number of benzene rings is 1. The highest BCUT2D eigenvalue weighted by molar-refractivity contribution is 8.93. The fraction of sp³-hybridized carbons (Fsp3) is 0. The smallest absolute Gasteiger partial charge is 0.335 e. The summed E-state index contributed by atoms with van der Waals surface area (Å²) in [5.41, 5.74) is 6.93. The molecule has 0 unspecified atom stereocenters. The summed E-state index contributed by atoms with van der Waals surface area (Å²) in [6.07, 6.45) is 0. The van der Waals surface area contributed by atoms with Crippen LogP contribution in [0.5, 0.6) is 0 Å². The van der Waals surface area contributed by atoms with Crippen LogP contribution in [0.3, 0.4) is 0 Å². The van der Waals surface area contributed by atoms with E-state index in [4.69, 9.17) is 10.8 Å². The second-order valence-corrected chi connectivity index (χ2v) is 2.66. The Morgan fingerprint density at radius 2 is 2.21 bits per heavy atom. The van der Waals surface area contributed by atoms with Crippen molar-refractivity contribution in [1.82, 2.24) is 9.97 Å². The number of halogens is 1. The van der Waals surface area contributed by atoms with Crippen LogP contribution < -0.4 is 5.73 Å². The Labute approximate surface area is 89.7 Å². The van der Waals surface area contributed by atoms with Gasteiger partial charge in [-0.15, -0.1) is 17.0 Å². The number of aromatic carboxylic acids is 1. The van der Waals surface area contributed by atoms with Gasteiger partial charge >= 0.3 is 5.97 Å². The van der Waals surface area contributed by atoms with E-state index in [1.165, 1.54) is 12.1 Å². The number of carboxylic acid groups (broad SMARTS) is 1. The lowest BCUT2D eigenvalue weighted by Gasteiger charge is -1.92. The van der Waals surface area contributed by atoms with Gasteiger partial charge in [-0.2, -0.15) is 0 Å². The van der Waals surface area contributed by atoms with Gasteiger partial charge in [0.2, 0.25) is 0 Å². The Morgan fingerprint density at radius 1 is 1.50 bits per heavy atom. The quantitative estimate of drug-likeness (QED) is 0.721. The average Bonchev–Trinajstić information content (AvgIpc) is 2.42. The maximum atomic E-state index is 10.6. The summed E-state index contributed by atoms with van der Waals surface area (Å²) in [4.78, 5) is 17.3. The Morgan fingerprint density at radius 3 is 2.86 bits per heavy atom. The van der Waals surface area contributed by atoms with Crippen LogP contribution in [0.2, 0.25) is 0 Å². The van der Waals surface area contributed by atoms with Crippen LogP contribution in [0.1, 0.15) is 10.4 Å². The molecule has 0 spiro atoms. The second kappa shape index (κ2) is 3.67. The molecule has 1 aromatic heterocycles. The van der Waals surface area contributed by atoms with Gasteiger partial charge in [-0.25, -0.2) is 9.78 Å². The predicted molar refractivity (Wildman–Crippen MR) is 57.8 cm³/mol. The molecule has 1 heterocycles. The molecule has 0 radical (unpaired) electrons. The Hall–Kier alpha value is -1.56. The average molecular weight is 258 g/mol. The molecule has 4 N–H and O–H groups in total. The molecule has 2 rings (SSSR count). The van der Waals surface area contributed by atoms with Crippen LogP contribution in [-0.4, -0.2) is 21.0 Å². The Balaban J connectivity index is 0.000000980. The maximum Gasteiger partial charge on any atom is 0.335 e. The van der Waals surface area contributed by atoms with Crippen molar-refractivity contribution in [3.05, 3.63) is 23.8 Å². The van der Waals surface area contributed by atoms with E-state index in [9.17, 15) is 4.79 Å². The number of hydrogen-bond donors (Lipinski definition) is 3. The molecule has 6 heteroatoms. The highest BCUT2D eigenvalue weighted by Crippen LogP contribution is 2.14. The zero-order chi connectivity index (χ0) is 9.42. The minimum absolute atomic E-state index is 0. The number of fused-ring (bicyclic) bond motifs is 1. The molecule has 0 aliphatic carbocycles. The largest absolute Gasteiger partial charge is 0.478 e. The first-order valence-electron chi connectivity index (χ1n) is 3.65. The predicted octanol–water partition coefficient (Wildman–Crippen LogP) is 1.42. The third-order valence-corrected chi connectivity index (χ3v) is 1.75. The van der Waals surface area contributed by atoms with Crippen molar-refractivity contribution in [3.8, 4) is 0 Å². The van der Waals surface area contributed by atoms with Crippen LogP contribution in [0, 0.1) is 0 Å². The van der Waals surface area contributed by atoms with E-state index < -0.39 is 5.97 Å². The van der Waals surface area contributed by atoms with E-state index in [0.29, 0.717) is 11.0 Å². The number of hydrogen-bond acceptors (Lipinski definition) is 3. The maximum absolute atomic E-state index is 10.6. The summed E-state index contributed by atoms with van der Waals surface area (Å²) in [5.74, 6) is -0.674. The summed E-state index contributed by atoms with van der Waals surface area (Å²) in [6, 6.07) is 4.61. The highest BCUT2D eigenvalue weighted by atomic mass is 79.9. The Kier molecular flexibility index (Phi) is 2.76. The van der Waals surface area contributed by atoms with Gasteiger partial charge in [0.15, 0.2) is 5.95 Å². The highest BCUT2D eigenvalue weighted by Gasteiger charge is 2.05. The molecule has 0 aliphatic heterocycles. The molecule has 2 aromatic rings. The van der Waals surface area contributed by atoms with E-state index >= 15 is 0 Å². The third-order valence-electron chi connectivity index (χ3n) is 1.75. The summed E-state index contributed by atoms with van der Waals surface area (Å²) in [7, 11) is 0. The number of anilines is 1. The molecule has 0 saturated carbocycles. The van der Waals surface area contributed by atoms with Crippen LogP contribution in [0.25, 0.3) is 11.0 Å². The van der Waals surface area contributed by atoms with E-state index in [2.05, 4.69) is 9.97 Å². The third kappa shape index (κ3) is 1.69. The molecule has 0 aliphatic rings. The molecule has 1 aromatic carbocycles. The number of aromatic amines is 1. The molecule has 0 saturated heterocycles. The number of aromatic nitrogens is 2. The van der Waals surface area contributed by atoms with Gasteiger partial charge in [0, 0.05) is 0 Å². The number of imidazole rings is 1. The fourth-order valence-corrected chi connectivity index (χ4v) is 1.16. The molecule has 5 nitrogen and oxygen atoms in total. The minimum atomic E-state index is -0.963. The van der Waals surface area contributed by atoms with Crippen molar-refractivity contribution >= 4 is 39.9 Å². The van der Waals surface area contributed by atoms with Crippen molar-refractivity contribution in [2.75, 3.05) is 5.73 Å². The SMILES string of the molecule is Br.Nc1nc2ccc(C(=O)O)cc2[nH]1. The summed E-state index contributed by atoms with van der Waals surface area (Å²) in [6.45, 7) is 0. The van der Waals surface area contributed by atoms with Gasteiger partial charge in [-0.05, 0) is 18.2 Å². The molecule has 14 heavy (non-hydrogen) atoms. The number of nitrogens with one attached hydrogen (secondary N) is 1. The lowest BCUT2D eigenvalue weighted by molar-refractivity contribution is 0.0697. The summed E-state index contributed by atoms with van der Waals surface area (Å²) >= 11 is 0. The lowest BCUT2D eigenvalue weighted by atomic mass is 10.2. The molecular formula is C8H8BrN3O2. The second-order valence-electron chi connectivity index (χ2n) is 2.66. The lowest BCUT2D eigenvalue weighted by Crippen LogP contribution is -1.94. The van der Waals surface area contributed by atoms with E-state index in [1.807, 2.05) is 0 Å². The van der Waals surface area contributed by atoms with E-state index in [-0.39, 0.29) is 28.5 Å². The first-order chi connectivity index (χ1) is 6.16. The van der Waals surface area contributed by atoms with Gasteiger partial charge < -0.3 is 15.8 Å². The topological polar surface area (TPSA) is 92.0 Å². The molecule has 0 amide bonds. The van der Waals surface area contributed by atoms with Gasteiger partial charge in [0.1, 0.15) is 0 Å². The first kappa shape index (κ1) is 10.5. The number of nitrogen functional groups attached to an aromatic ring is 1.